The summed E-state index contributed by atoms with van der Waals surface area (Å²) in [6, 6.07) is 8.64. The lowest BCUT2D eigenvalue weighted by Crippen LogP contribution is -2.31. The fraction of sp³-hybridized carbons (Fsp3) is 0.647. The van der Waals surface area contributed by atoms with Crippen molar-refractivity contribution < 1.29 is 4.74 Å². The van der Waals surface area contributed by atoms with E-state index >= 15 is 0 Å². The van der Waals surface area contributed by atoms with E-state index < -0.39 is 0 Å². The van der Waals surface area contributed by atoms with E-state index in [4.69, 9.17) is 4.74 Å². The molecule has 0 aromatic heterocycles. The molecular weight excluding hydrogens is 248 g/mol. The lowest BCUT2D eigenvalue weighted by Gasteiger charge is -2.28. The van der Waals surface area contributed by atoms with Gasteiger partial charge < -0.3 is 15.0 Å². The number of methoxy groups -OCH3 is 1. The van der Waals surface area contributed by atoms with Crippen molar-refractivity contribution in [3.8, 4) is 0 Å². The second-order valence-electron chi connectivity index (χ2n) is 5.97. The summed E-state index contributed by atoms with van der Waals surface area (Å²) in [6.45, 7) is 5.32. The van der Waals surface area contributed by atoms with Gasteiger partial charge >= 0.3 is 0 Å². The third kappa shape index (κ3) is 5.23. The zero-order valence-electron chi connectivity index (χ0n) is 12.9. The Morgan fingerprint density at radius 1 is 1.25 bits per heavy atom. The highest BCUT2D eigenvalue weighted by Crippen LogP contribution is 2.18. The first kappa shape index (κ1) is 15.5. The van der Waals surface area contributed by atoms with Crippen LogP contribution in [0, 0.1) is 5.92 Å². The third-order valence-electron chi connectivity index (χ3n) is 4.20. The number of rotatable bonds is 7. The summed E-state index contributed by atoms with van der Waals surface area (Å²) < 4.78 is 5.17. The molecule has 0 bridgehead atoms. The highest BCUT2D eigenvalue weighted by molar-refractivity contribution is 5.22. The Labute approximate surface area is 123 Å². The number of ether oxygens (including phenoxy) is 1. The Morgan fingerprint density at radius 3 is 2.75 bits per heavy atom. The molecule has 1 heterocycles. The standard InChI is InChI=1S/C17H28N2O/c1-19-10-7-15(8-11-19)6-9-18-13-16-4-3-5-17(12-16)14-20-2/h3-5,12,15,18H,6-11,13-14H2,1-2H3. The lowest BCUT2D eigenvalue weighted by molar-refractivity contribution is 0.185. The molecule has 0 aliphatic carbocycles. The molecule has 3 nitrogen and oxygen atoms in total. The molecule has 1 aliphatic rings. The van der Waals surface area contributed by atoms with Crippen LogP contribution in [0.4, 0.5) is 0 Å². The summed E-state index contributed by atoms with van der Waals surface area (Å²) in [7, 11) is 3.97. The van der Waals surface area contributed by atoms with E-state index in [1.807, 2.05) is 0 Å². The van der Waals surface area contributed by atoms with Crippen molar-refractivity contribution in [1.29, 1.82) is 0 Å². The lowest BCUT2D eigenvalue weighted by atomic mass is 9.94. The van der Waals surface area contributed by atoms with Crippen LogP contribution in [0.1, 0.15) is 30.4 Å². The predicted octanol–water partition coefficient (Wildman–Crippen LogP) is 2.65. The van der Waals surface area contributed by atoms with Crippen LogP contribution in [-0.4, -0.2) is 38.7 Å². The van der Waals surface area contributed by atoms with E-state index in [9.17, 15) is 0 Å². The quantitative estimate of drug-likeness (QED) is 0.775. The average Bonchev–Trinajstić information content (AvgIpc) is 2.46. The van der Waals surface area contributed by atoms with Crippen molar-refractivity contribution >= 4 is 0 Å². The van der Waals surface area contributed by atoms with E-state index in [2.05, 4.69) is 41.5 Å². The SMILES string of the molecule is COCc1cccc(CNCCC2CCN(C)CC2)c1. The fourth-order valence-electron chi connectivity index (χ4n) is 2.89. The highest BCUT2D eigenvalue weighted by atomic mass is 16.5. The summed E-state index contributed by atoms with van der Waals surface area (Å²) in [5, 5.41) is 3.58. The molecule has 1 aromatic carbocycles. The first-order chi connectivity index (χ1) is 9.78. The zero-order chi connectivity index (χ0) is 14.2. The van der Waals surface area contributed by atoms with Gasteiger partial charge in [-0.2, -0.15) is 0 Å². The van der Waals surface area contributed by atoms with Crippen molar-refractivity contribution in [3.05, 3.63) is 35.4 Å². The zero-order valence-corrected chi connectivity index (χ0v) is 12.9. The highest BCUT2D eigenvalue weighted by Gasteiger charge is 2.15. The number of benzene rings is 1. The van der Waals surface area contributed by atoms with Crippen molar-refractivity contribution in [2.45, 2.75) is 32.4 Å². The third-order valence-corrected chi connectivity index (χ3v) is 4.20. The van der Waals surface area contributed by atoms with Crippen LogP contribution in [0.15, 0.2) is 24.3 Å². The molecule has 0 spiro atoms. The number of hydrogen-bond donors (Lipinski definition) is 1. The molecule has 3 heteroatoms. The van der Waals surface area contributed by atoms with E-state index in [0.717, 1.165) is 19.0 Å². The van der Waals surface area contributed by atoms with E-state index in [1.54, 1.807) is 7.11 Å². The second kappa shape index (κ2) is 8.40. The second-order valence-corrected chi connectivity index (χ2v) is 5.97. The maximum Gasteiger partial charge on any atom is 0.0713 e. The molecule has 0 radical (unpaired) electrons. The summed E-state index contributed by atoms with van der Waals surface area (Å²) >= 11 is 0. The Morgan fingerprint density at radius 2 is 2.00 bits per heavy atom. The molecular formula is C17H28N2O. The molecule has 1 saturated heterocycles. The van der Waals surface area contributed by atoms with E-state index in [-0.39, 0.29) is 0 Å². The van der Waals surface area contributed by atoms with Gasteiger partial charge in [-0.1, -0.05) is 24.3 Å². The average molecular weight is 276 g/mol. The van der Waals surface area contributed by atoms with Gasteiger partial charge in [-0.3, -0.25) is 0 Å². The van der Waals surface area contributed by atoms with Crippen molar-refractivity contribution in [1.82, 2.24) is 10.2 Å². The molecule has 0 amide bonds. The van der Waals surface area contributed by atoms with Crippen LogP contribution in [0.25, 0.3) is 0 Å². The molecule has 1 N–H and O–H groups in total. The monoisotopic (exact) mass is 276 g/mol. The molecule has 2 rings (SSSR count). The maximum absolute atomic E-state index is 5.17. The minimum atomic E-state index is 0.698. The van der Waals surface area contributed by atoms with Crippen LogP contribution in [-0.2, 0) is 17.9 Å². The molecule has 0 atom stereocenters. The minimum absolute atomic E-state index is 0.698. The molecule has 0 unspecified atom stereocenters. The first-order valence-electron chi connectivity index (χ1n) is 7.74. The summed E-state index contributed by atoms with van der Waals surface area (Å²) in [4.78, 5) is 2.44. The van der Waals surface area contributed by atoms with Gasteiger partial charge in [-0.25, -0.2) is 0 Å². The summed E-state index contributed by atoms with van der Waals surface area (Å²) in [5.74, 6) is 0.915. The Kier molecular flexibility index (Phi) is 6.51. The van der Waals surface area contributed by atoms with Gasteiger partial charge in [-0.05, 0) is 63.0 Å². The summed E-state index contributed by atoms with van der Waals surface area (Å²) in [6.07, 6.45) is 4.04. The van der Waals surface area contributed by atoms with Gasteiger partial charge in [0.25, 0.3) is 0 Å². The van der Waals surface area contributed by atoms with Gasteiger partial charge in [0, 0.05) is 13.7 Å². The van der Waals surface area contributed by atoms with Gasteiger partial charge in [0.1, 0.15) is 0 Å². The normalized spacial score (nSPS) is 17.5. The van der Waals surface area contributed by atoms with Crippen LogP contribution in [0.5, 0.6) is 0 Å². The minimum Gasteiger partial charge on any atom is -0.380 e. The smallest absolute Gasteiger partial charge is 0.0713 e. The Balaban J connectivity index is 1.64. The molecule has 1 aromatic rings. The van der Waals surface area contributed by atoms with Crippen LogP contribution < -0.4 is 5.32 Å². The Bertz CT molecular complexity index is 386. The number of nitrogens with one attached hydrogen (secondary N) is 1. The van der Waals surface area contributed by atoms with Gasteiger partial charge in [0.15, 0.2) is 0 Å². The van der Waals surface area contributed by atoms with Gasteiger partial charge in [0.2, 0.25) is 0 Å². The summed E-state index contributed by atoms with van der Waals surface area (Å²) in [5.41, 5.74) is 2.60. The number of likely N-dealkylation sites (tertiary alicyclic amines) is 1. The fourth-order valence-corrected chi connectivity index (χ4v) is 2.89. The van der Waals surface area contributed by atoms with Crippen molar-refractivity contribution in [3.63, 3.8) is 0 Å². The maximum atomic E-state index is 5.17. The number of piperidine rings is 1. The van der Waals surface area contributed by atoms with Gasteiger partial charge in [0.05, 0.1) is 6.61 Å². The van der Waals surface area contributed by atoms with Crippen molar-refractivity contribution in [2.75, 3.05) is 33.8 Å². The first-order valence-corrected chi connectivity index (χ1v) is 7.74. The predicted molar refractivity (Wildman–Crippen MR) is 83.7 cm³/mol. The van der Waals surface area contributed by atoms with Crippen LogP contribution in [0.2, 0.25) is 0 Å². The molecule has 1 aliphatic heterocycles. The molecule has 112 valence electrons. The van der Waals surface area contributed by atoms with Crippen molar-refractivity contribution in [2.24, 2.45) is 5.92 Å². The topological polar surface area (TPSA) is 24.5 Å². The van der Waals surface area contributed by atoms with Gasteiger partial charge in [-0.15, -0.1) is 0 Å². The number of hydrogen-bond acceptors (Lipinski definition) is 3. The van der Waals surface area contributed by atoms with E-state index in [0.29, 0.717) is 6.61 Å². The van der Waals surface area contributed by atoms with Crippen LogP contribution in [0.3, 0.4) is 0 Å². The van der Waals surface area contributed by atoms with E-state index in [1.165, 1.54) is 43.5 Å². The Hall–Kier alpha value is -0.900. The largest absolute Gasteiger partial charge is 0.380 e. The van der Waals surface area contributed by atoms with Crippen LogP contribution >= 0.6 is 0 Å². The molecule has 20 heavy (non-hydrogen) atoms. The molecule has 1 fully saturated rings. The molecule has 0 saturated carbocycles. The number of nitrogens with zero attached hydrogens (tertiary/aromatic N) is 1.